The fraction of sp³-hybridized carbons (Fsp3) is 0.556. The quantitative estimate of drug-likeness (QED) is 0.779. The molecule has 0 bridgehead atoms. The lowest BCUT2D eigenvalue weighted by Crippen LogP contribution is -2.43. The van der Waals surface area contributed by atoms with E-state index in [-0.39, 0.29) is 19.2 Å². The molecule has 1 aliphatic heterocycles. The highest BCUT2D eigenvalue weighted by atomic mass is 16.7. The molecule has 3 rings (SSSR count). The molecular weight excluding hydrogens is 324 g/mol. The molecule has 1 saturated carbocycles. The number of methoxy groups -OCH3 is 1. The Morgan fingerprint density at radius 1 is 1.24 bits per heavy atom. The summed E-state index contributed by atoms with van der Waals surface area (Å²) >= 11 is 0. The molecule has 1 aliphatic carbocycles. The summed E-state index contributed by atoms with van der Waals surface area (Å²) in [5.74, 6) is -1.09. The Hall–Kier alpha value is -2.12. The third-order valence-corrected chi connectivity index (χ3v) is 4.56. The Morgan fingerprint density at radius 3 is 2.76 bits per heavy atom. The molecule has 1 heterocycles. The van der Waals surface area contributed by atoms with E-state index in [4.69, 9.17) is 14.2 Å². The molecule has 7 nitrogen and oxygen atoms in total. The second-order valence-electron chi connectivity index (χ2n) is 6.41. The Bertz CT molecular complexity index is 628. The third-order valence-electron chi connectivity index (χ3n) is 4.56. The molecule has 0 aromatic heterocycles. The van der Waals surface area contributed by atoms with Crippen molar-refractivity contribution in [3.63, 3.8) is 0 Å². The van der Waals surface area contributed by atoms with Gasteiger partial charge in [-0.15, -0.1) is 0 Å². The highest BCUT2D eigenvalue weighted by molar-refractivity contribution is 6.35. The number of hydrogen-bond donors (Lipinski definition) is 2. The fourth-order valence-corrected chi connectivity index (χ4v) is 3.22. The number of amides is 2. The third kappa shape index (κ3) is 4.49. The van der Waals surface area contributed by atoms with Crippen LogP contribution in [0.4, 0.5) is 0 Å². The maximum absolute atomic E-state index is 11.9. The van der Waals surface area contributed by atoms with Gasteiger partial charge in [0.2, 0.25) is 0 Å². The van der Waals surface area contributed by atoms with Crippen LogP contribution in [-0.2, 0) is 25.6 Å². The lowest BCUT2D eigenvalue weighted by molar-refractivity contribution is -0.161. The first kappa shape index (κ1) is 17.7. The standard InChI is InChI=1S/C18H24N2O5/c1-23-14-6-4-5-13(9-14)10-19-16(21)17(22)20-11-15-12-24-18(25-15)7-2-3-8-18/h4-6,9,15H,2-3,7-8,10-12H2,1H3,(H,19,21)(H,20,22)/t15-/m1/s1. The van der Waals surface area contributed by atoms with Crippen LogP contribution in [0.15, 0.2) is 24.3 Å². The molecule has 1 aromatic rings. The summed E-state index contributed by atoms with van der Waals surface area (Å²) < 4.78 is 16.8. The van der Waals surface area contributed by atoms with Crippen molar-refractivity contribution in [1.82, 2.24) is 10.6 Å². The largest absolute Gasteiger partial charge is 0.497 e. The van der Waals surface area contributed by atoms with Crippen LogP contribution >= 0.6 is 0 Å². The minimum Gasteiger partial charge on any atom is -0.497 e. The zero-order valence-electron chi connectivity index (χ0n) is 14.4. The van der Waals surface area contributed by atoms with Gasteiger partial charge in [0.25, 0.3) is 0 Å². The predicted octanol–water partition coefficient (Wildman–Crippen LogP) is 1.11. The van der Waals surface area contributed by atoms with Gasteiger partial charge < -0.3 is 24.8 Å². The molecule has 2 aliphatic rings. The molecule has 2 amide bonds. The number of rotatable bonds is 5. The molecule has 1 aromatic carbocycles. The smallest absolute Gasteiger partial charge is 0.309 e. The molecule has 7 heteroatoms. The van der Waals surface area contributed by atoms with Crippen LogP contribution in [0.3, 0.4) is 0 Å². The minimum atomic E-state index is -0.669. The minimum absolute atomic E-state index is 0.201. The van der Waals surface area contributed by atoms with Crippen LogP contribution < -0.4 is 15.4 Å². The lowest BCUT2D eigenvalue weighted by atomic mass is 10.2. The van der Waals surface area contributed by atoms with E-state index in [9.17, 15) is 9.59 Å². The molecule has 2 N–H and O–H groups in total. The van der Waals surface area contributed by atoms with E-state index >= 15 is 0 Å². The van der Waals surface area contributed by atoms with Crippen molar-refractivity contribution in [3.8, 4) is 5.75 Å². The van der Waals surface area contributed by atoms with E-state index in [2.05, 4.69) is 10.6 Å². The highest BCUT2D eigenvalue weighted by Crippen LogP contribution is 2.38. The average molecular weight is 348 g/mol. The fourth-order valence-electron chi connectivity index (χ4n) is 3.22. The molecule has 1 spiro atoms. The van der Waals surface area contributed by atoms with Crippen LogP contribution in [0.25, 0.3) is 0 Å². The normalized spacial score (nSPS) is 21.2. The van der Waals surface area contributed by atoms with Gasteiger partial charge in [-0.1, -0.05) is 12.1 Å². The molecule has 136 valence electrons. The zero-order valence-corrected chi connectivity index (χ0v) is 14.4. The van der Waals surface area contributed by atoms with Crippen molar-refractivity contribution in [2.45, 2.75) is 44.1 Å². The maximum Gasteiger partial charge on any atom is 0.309 e. The Morgan fingerprint density at radius 2 is 2.00 bits per heavy atom. The van der Waals surface area contributed by atoms with Crippen molar-refractivity contribution in [2.24, 2.45) is 0 Å². The molecular formula is C18H24N2O5. The van der Waals surface area contributed by atoms with E-state index in [1.165, 1.54) is 0 Å². The first-order valence-corrected chi connectivity index (χ1v) is 8.61. The van der Waals surface area contributed by atoms with Gasteiger partial charge in [-0.2, -0.15) is 0 Å². The summed E-state index contributed by atoms with van der Waals surface area (Å²) in [6.07, 6.45) is 3.81. The number of ether oxygens (including phenoxy) is 3. The van der Waals surface area contributed by atoms with E-state index in [0.29, 0.717) is 12.4 Å². The van der Waals surface area contributed by atoms with Gasteiger partial charge in [0.1, 0.15) is 11.9 Å². The Balaban J connectivity index is 1.40. The van der Waals surface area contributed by atoms with Crippen molar-refractivity contribution in [2.75, 3.05) is 20.3 Å². The van der Waals surface area contributed by atoms with Gasteiger partial charge in [-0.3, -0.25) is 9.59 Å². The zero-order chi connectivity index (χ0) is 17.7. The molecule has 2 fully saturated rings. The first-order chi connectivity index (χ1) is 12.1. The molecule has 25 heavy (non-hydrogen) atoms. The average Bonchev–Trinajstić information content (AvgIpc) is 3.27. The van der Waals surface area contributed by atoms with E-state index in [0.717, 1.165) is 31.2 Å². The highest BCUT2D eigenvalue weighted by Gasteiger charge is 2.43. The summed E-state index contributed by atoms with van der Waals surface area (Å²) in [4.78, 5) is 23.8. The SMILES string of the molecule is COc1cccc(CNC(=O)C(=O)NC[C@@H]2COC3(CCCC3)O2)c1. The lowest BCUT2D eigenvalue weighted by Gasteiger charge is -2.21. The van der Waals surface area contributed by atoms with Gasteiger partial charge in [-0.05, 0) is 30.5 Å². The second-order valence-corrected chi connectivity index (χ2v) is 6.41. The summed E-state index contributed by atoms with van der Waals surface area (Å²) in [6.45, 7) is 0.981. The van der Waals surface area contributed by atoms with E-state index in [1.54, 1.807) is 7.11 Å². The summed E-state index contributed by atoms with van der Waals surface area (Å²) in [6, 6.07) is 7.31. The van der Waals surface area contributed by atoms with Gasteiger partial charge in [0.15, 0.2) is 5.79 Å². The number of carbonyl (C=O) groups excluding carboxylic acids is 2. The van der Waals surface area contributed by atoms with Crippen LogP contribution in [0.5, 0.6) is 5.75 Å². The molecule has 0 unspecified atom stereocenters. The number of benzene rings is 1. The number of hydrogen-bond acceptors (Lipinski definition) is 5. The van der Waals surface area contributed by atoms with Crippen LogP contribution in [0.1, 0.15) is 31.2 Å². The summed E-state index contributed by atoms with van der Waals surface area (Å²) in [5.41, 5.74) is 0.858. The van der Waals surface area contributed by atoms with Gasteiger partial charge in [-0.25, -0.2) is 0 Å². The Labute approximate surface area is 147 Å². The molecule has 1 saturated heterocycles. The second kappa shape index (κ2) is 7.84. The summed E-state index contributed by atoms with van der Waals surface area (Å²) in [5, 5.41) is 5.20. The monoisotopic (exact) mass is 348 g/mol. The van der Waals surface area contributed by atoms with Crippen molar-refractivity contribution in [1.29, 1.82) is 0 Å². The van der Waals surface area contributed by atoms with Crippen molar-refractivity contribution >= 4 is 11.8 Å². The molecule has 0 radical (unpaired) electrons. The maximum atomic E-state index is 11.9. The van der Waals surface area contributed by atoms with Crippen molar-refractivity contribution < 1.29 is 23.8 Å². The van der Waals surface area contributed by atoms with Gasteiger partial charge in [0.05, 0.1) is 13.7 Å². The molecule has 1 atom stereocenters. The number of nitrogens with one attached hydrogen (secondary N) is 2. The van der Waals surface area contributed by atoms with Crippen molar-refractivity contribution in [3.05, 3.63) is 29.8 Å². The summed E-state index contributed by atoms with van der Waals surface area (Å²) in [7, 11) is 1.58. The van der Waals surface area contributed by atoms with E-state index < -0.39 is 17.6 Å². The van der Waals surface area contributed by atoms with Crippen LogP contribution in [0.2, 0.25) is 0 Å². The van der Waals surface area contributed by atoms with E-state index in [1.807, 2.05) is 24.3 Å². The first-order valence-electron chi connectivity index (χ1n) is 8.61. The van der Waals surface area contributed by atoms with Crippen LogP contribution in [0, 0.1) is 0 Å². The number of carbonyl (C=O) groups is 2. The van der Waals surface area contributed by atoms with Gasteiger partial charge in [0, 0.05) is 25.9 Å². The topological polar surface area (TPSA) is 85.9 Å². The van der Waals surface area contributed by atoms with Crippen LogP contribution in [-0.4, -0.2) is 44.0 Å². The predicted molar refractivity (Wildman–Crippen MR) is 89.9 cm³/mol. The Kier molecular flexibility index (Phi) is 5.55. The van der Waals surface area contributed by atoms with Gasteiger partial charge >= 0.3 is 11.8 Å².